The average Bonchev–Trinajstić information content (AvgIpc) is 2.42. The summed E-state index contributed by atoms with van der Waals surface area (Å²) in [5.41, 5.74) is 7.62. The molecule has 1 saturated heterocycles. The summed E-state index contributed by atoms with van der Waals surface area (Å²) in [4.78, 5) is 2.65. The van der Waals surface area contributed by atoms with Crippen molar-refractivity contribution in [3.8, 4) is 0 Å². The van der Waals surface area contributed by atoms with E-state index in [0.717, 1.165) is 18.9 Å². The van der Waals surface area contributed by atoms with Crippen LogP contribution in [-0.4, -0.2) is 29.6 Å². The lowest BCUT2D eigenvalue weighted by Gasteiger charge is -2.48. The van der Waals surface area contributed by atoms with Crippen molar-refractivity contribution in [3.05, 3.63) is 35.9 Å². The fourth-order valence-corrected chi connectivity index (χ4v) is 3.37. The molecule has 1 aromatic rings. The molecule has 1 aliphatic rings. The lowest BCUT2D eigenvalue weighted by Crippen LogP contribution is -2.59. The molecule has 2 N–H and O–H groups in total. The molecule has 0 spiro atoms. The van der Waals surface area contributed by atoms with Gasteiger partial charge in [0.15, 0.2) is 0 Å². The van der Waals surface area contributed by atoms with E-state index >= 15 is 0 Å². The highest BCUT2D eigenvalue weighted by atomic mass is 15.2. The van der Waals surface area contributed by atoms with Gasteiger partial charge in [0.05, 0.1) is 0 Å². The number of benzene rings is 1. The topological polar surface area (TPSA) is 29.3 Å². The van der Waals surface area contributed by atoms with Crippen molar-refractivity contribution in [1.82, 2.24) is 4.90 Å². The van der Waals surface area contributed by atoms with Crippen LogP contribution in [0.4, 0.5) is 0 Å². The van der Waals surface area contributed by atoms with E-state index in [1.54, 1.807) is 0 Å². The summed E-state index contributed by atoms with van der Waals surface area (Å²) in [6.07, 6.45) is 3.69. The first kappa shape index (κ1) is 14.5. The van der Waals surface area contributed by atoms with Gasteiger partial charge in [0.25, 0.3) is 0 Å². The van der Waals surface area contributed by atoms with E-state index in [4.69, 9.17) is 5.73 Å². The number of likely N-dealkylation sites (tertiary alicyclic amines) is 1. The highest BCUT2D eigenvalue weighted by molar-refractivity contribution is 5.18. The largest absolute Gasteiger partial charge is 0.329 e. The maximum absolute atomic E-state index is 6.15. The molecule has 0 amide bonds. The zero-order valence-electron chi connectivity index (χ0n) is 12.6. The Morgan fingerprint density at radius 2 is 1.89 bits per heavy atom. The zero-order valence-corrected chi connectivity index (χ0v) is 12.6. The second-order valence-corrected chi connectivity index (χ2v) is 6.55. The Morgan fingerprint density at radius 1 is 1.21 bits per heavy atom. The predicted molar refractivity (Wildman–Crippen MR) is 82.2 cm³/mol. The van der Waals surface area contributed by atoms with Crippen LogP contribution in [0.3, 0.4) is 0 Å². The van der Waals surface area contributed by atoms with Crippen molar-refractivity contribution in [1.29, 1.82) is 0 Å². The number of rotatable bonds is 4. The molecule has 0 radical (unpaired) electrons. The molecule has 0 saturated carbocycles. The van der Waals surface area contributed by atoms with Crippen molar-refractivity contribution in [2.75, 3.05) is 13.1 Å². The first-order valence-electron chi connectivity index (χ1n) is 7.56. The summed E-state index contributed by atoms with van der Waals surface area (Å²) in [5, 5.41) is 0. The monoisotopic (exact) mass is 260 g/mol. The molecule has 2 rings (SSSR count). The SMILES string of the molecule is CC1CCC(C)N(C(C)(CN)Cc2ccccc2)C1. The molecule has 2 nitrogen and oxygen atoms in total. The van der Waals surface area contributed by atoms with Crippen LogP contribution in [0.5, 0.6) is 0 Å². The van der Waals surface area contributed by atoms with Crippen LogP contribution in [0.15, 0.2) is 30.3 Å². The van der Waals surface area contributed by atoms with Gasteiger partial charge in [0.2, 0.25) is 0 Å². The first-order valence-corrected chi connectivity index (χ1v) is 7.56. The van der Waals surface area contributed by atoms with Gasteiger partial charge in [-0.3, -0.25) is 4.90 Å². The highest BCUT2D eigenvalue weighted by Crippen LogP contribution is 2.30. The third kappa shape index (κ3) is 3.37. The van der Waals surface area contributed by atoms with Crippen molar-refractivity contribution in [2.24, 2.45) is 11.7 Å². The fraction of sp³-hybridized carbons (Fsp3) is 0.647. The van der Waals surface area contributed by atoms with Crippen LogP contribution in [0.2, 0.25) is 0 Å². The van der Waals surface area contributed by atoms with E-state index in [2.05, 4.69) is 56.0 Å². The normalized spacial score (nSPS) is 28.0. The molecule has 0 aromatic heterocycles. The summed E-state index contributed by atoms with van der Waals surface area (Å²) in [6.45, 7) is 8.94. The molecule has 0 aliphatic carbocycles. The molecule has 0 bridgehead atoms. The van der Waals surface area contributed by atoms with Crippen LogP contribution in [0, 0.1) is 5.92 Å². The Hall–Kier alpha value is -0.860. The molecular weight excluding hydrogens is 232 g/mol. The standard InChI is InChI=1S/C17H28N2/c1-14-9-10-15(2)19(12-14)17(3,13-18)11-16-7-5-4-6-8-16/h4-8,14-15H,9-13,18H2,1-3H3. The minimum absolute atomic E-state index is 0.0788. The lowest BCUT2D eigenvalue weighted by atomic mass is 9.84. The van der Waals surface area contributed by atoms with Gasteiger partial charge in [0, 0.05) is 24.7 Å². The van der Waals surface area contributed by atoms with Gasteiger partial charge in [0.1, 0.15) is 0 Å². The van der Waals surface area contributed by atoms with Gasteiger partial charge in [-0.15, -0.1) is 0 Å². The van der Waals surface area contributed by atoms with Crippen LogP contribution < -0.4 is 5.73 Å². The summed E-state index contributed by atoms with van der Waals surface area (Å²) < 4.78 is 0. The van der Waals surface area contributed by atoms with Gasteiger partial charge in [-0.2, -0.15) is 0 Å². The smallest absolute Gasteiger partial charge is 0.0346 e. The number of nitrogens with two attached hydrogens (primary N) is 1. The predicted octanol–water partition coefficient (Wildman–Crippen LogP) is 3.07. The van der Waals surface area contributed by atoms with Crippen LogP contribution in [0.25, 0.3) is 0 Å². The van der Waals surface area contributed by atoms with Crippen LogP contribution in [-0.2, 0) is 6.42 Å². The quantitative estimate of drug-likeness (QED) is 0.901. The fourth-order valence-electron chi connectivity index (χ4n) is 3.37. The molecule has 1 aromatic carbocycles. The lowest BCUT2D eigenvalue weighted by molar-refractivity contribution is 0.0210. The van der Waals surface area contributed by atoms with Crippen molar-refractivity contribution >= 4 is 0 Å². The van der Waals surface area contributed by atoms with E-state index in [0.29, 0.717) is 6.04 Å². The van der Waals surface area contributed by atoms with Gasteiger partial charge in [-0.25, -0.2) is 0 Å². The molecule has 19 heavy (non-hydrogen) atoms. The number of hydrogen-bond donors (Lipinski definition) is 1. The second-order valence-electron chi connectivity index (χ2n) is 6.55. The average molecular weight is 260 g/mol. The summed E-state index contributed by atoms with van der Waals surface area (Å²) in [6, 6.07) is 11.4. The number of hydrogen-bond acceptors (Lipinski definition) is 2. The minimum atomic E-state index is 0.0788. The number of piperidine rings is 1. The van der Waals surface area contributed by atoms with E-state index in [1.807, 2.05) is 0 Å². The van der Waals surface area contributed by atoms with E-state index in [-0.39, 0.29) is 5.54 Å². The Kier molecular flexibility index (Phi) is 4.64. The Balaban J connectivity index is 2.16. The highest BCUT2D eigenvalue weighted by Gasteiger charge is 2.36. The summed E-state index contributed by atoms with van der Waals surface area (Å²) in [5.74, 6) is 0.790. The Bertz CT molecular complexity index is 390. The molecule has 2 heteroatoms. The summed E-state index contributed by atoms with van der Waals surface area (Å²) >= 11 is 0. The van der Waals surface area contributed by atoms with Crippen molar-refractivity contribution < 1.29 is 0 Å². The van der Waals surface area contributed by atoms with Gasteiger partial charge in [-0.1, -0.05) is 37.3 Å². The Labute approximate surface area is 118 Å². The van der Waals surface area contributed by atoms with E-state index < -0.39 is 0 Å². The molecule has 106 valence electrons. The molecular formula is C17H28N2. The molecule has 3 unspecified atom stereocenters. The maximum atomic E-state index is 6.15. The Morgan fingerprint density at radius 3 is 2.53 bits per heavy atom. The number of nitrogens with zero attached hydrogens (tertiary/aromatic N) is 1. The molecule has 1 aliphatic heterocycles. The molecule has 1 fully saturated rings. The first-order chi connectivity index (χ1) is 9.05. The van der Waals surface area contributed by atoms with Gasteiger partial charge >= 0.3 is 0 Å². The van der Waals surface area contributed by atoms with Crippen molar-refractivity contribution in [3.63, 3.8) is 0 Å². The maximum Gasteiger partial charge on any atom is 0.0346 e. The third-order valence-electron chi connectivity index (χ3n) is 4.68. The van der Waals surface area contributed by atoms with Gasteiger partial charge in [-0.05, 0) is 44.6 Å². The third-order valence-corrected chi connectivity index (χ3v) is 4.68. The van der Waals surface area contributed by atoms with Crippen LogP contribution >= 0.6 is 0 Å². The summed E-state index contributed by atoms with van der Waals surface area (Å²) in [7, 11) is 0. The van der Waals surface area contributed by atoms with E-state index in [1.165, 1.54) is 24.9 Å². The van der Waals surface area contributed by atoms with Gasteiger partial charge < -0.3 is 5.73 Å². The molecule has 3 atom stereocenters. The van der Waals surface area contributed by atoms with Crippen LogP contribution in [0.1, 0.15) is 39.2 Å². The van der Waals surface area contributed by atoms with E-state index in [9.17, 15) is 0 Å². The molecule has 1 heterocycles. The second kappa shape index (κ2) is 6.06. The van der Waals surface area contributed by atoms with Crippen molar-refractivity contribution in [2.45, 2.75) is 51.6 Å². The minimum Gasteiger partial charge on any atom is -0.329 e. The zero-order chi connectivity index (χ0) is 13.9.